The summed E-state index contributed by atoms with van der Waals surface area (Å²) in [5.41, 5.74) is 2.85. The lowest BCUT2D eigenvalue weighted by Gasteiger charge is -2.12. The van der Waals surface area contributed by atoms with Gasteiger partial charge in [0, 0.05) is 6.54 Å². The Balaban J connectivity index is 2.06. The zero-order chi connectivity index (χ0) is 15.2. The number of aromatic nitrogens is 2. The van der Waals surface area contributed by atoms with Crippen molar-refractivity contribution in [2.75, 3.05) is 7.11 Å². The number of aryl methyl sites for hydroxylation is 2. The largest absolute Gasteiger partial charge is 0.465 e. The molecule has 2 aromatic rings. The summed E-state index contributed by atoms with van der Waals surface area (Å²) in [4.78, 5) is 11.8. The number of rotatable bonds is 6. The topological polar surface area (TPSA) is 44.1 Å². The molecule has 0 unspecified atom stereocenters. The van der Waals surface area contributed by atoms with Gasteiger partial charge in [0.15, 0.2) is 0 Å². The van der Waals surface area contributed by atoms with Gasteiger partial charge >= 0.3 is 5.97 Å². The minimum Gasteiger partial charge on any atom is -0.465 e. The molecule has 4 nitrogen and oxygen atoms in total. The number of ether oxygens (including phenoxy) is 1. The minimum atomic E-state index is -0.312. The third-order valence-corrected chi connectivity index (χ3v) is 3.51. The van der Waals surface area contributed by atoms with Crippen molar-refractivity contribution in [1.82, 2.24) is 9.78 Å². The molecule has 0 N–H and O–H groups in total. The lowest BCUT2D eigenvalue weighted by atomic mass is 10.1. The second-order valence-electron chi connectivity index (χ2n) is 5.40. The van der Waals surface area contributed by atoms with Crippen LogP contribution in [0, 0.1) is 0 Å². The van der Waals surface area contributed by atoms with Gasteiger partial charge in [-0.1, -0.05) is 44.2 Å². The lowest BCUT2D eigenvalue weighted by molar-refractivity contribution is 0.0598. The van der Waals surface area contributed by atoms with Crippen molar-refractivity contribution in [2.45, 2.75) is 39.2 Å². The van der Waals surface area contributed by atoms with E-state index >= 15 is 0 Å². The summed E-state index contributed by atoms with van der Waals surface area (Å²) in [5, 5.41) is 4.35. The van der Waals surface area contributed by atoms with Crippen molar-refractivity contribution in [3.05, 3.63) is 53.3 Å². The van der Waals surface area contributed by atoms with E-state index in [-0.39, 0.29) is 11.9 Å². The van der Waals surface area contributed by atoms with E-state index in [4.69, 9.17) is 4.74 Å². The number of hydrogen-bond donors (Lipinski definition) is 0. The van der Waals surface area contributed by atoms with E-state index in [0.717, 1.165) is 25.1 Å². The van der Waals surface area contributed by atoms with Crippen LogP contribution in [-0.4, -0.2) is 22.9 Å². The van der Waals surface area contributed by atoms with E-state index in [9.17, 15) is 4.79 Å². The molecule has 1 aromatic carbocycles. The molecule has 0 amide bonds. The SMILES string of the molecule is COC(=O)c1cnn(CCCc2ccccc2)c1C(C)C. The summed E-state index contributed by atoms with van der Waals surface area (Å²) in [7, 11) is 1.40. The average Bonchev–Trinajstić information content (AvgIpc) is 2.91. The van der Waals surface area contributed by atoms with Gasteiger partial charge in [-0.15, -0.1) is 0 Å². The summed E-state index contributed by atoms with van der Waals surface area (Å²) < 4.78 is 6.75. The molecule has 0 aliphatic heterocycles. The first-order chi connectivity index (χ1) is 10.1. The fourth-order valence-electron chi connectivity index (χ4n) is 2.53. The lowest BCUT2D eigenvalue weighted by Crippen LogP contribution is -2.11. The molecule has 0 saturated heterocycles. The molecule has 4 heteroatoms. The maximum Gasteiger partial charge on any atom is 0.341 e. The van der Waals surface area contributed by atoms with Crippen molar-refractivity contribution < 1.29 is 9.53 Å². The number of methoxy groups -OCH3 is 1. The Labute approximate surface area is 125 Å². The molecule has 0 atom stereocenters. The van der Waals surface area contributed by atoms with Crippen LogP contribution in [0.4, 0.5) is 0 Å². The van der Waals surface area contributed by atoms with Crippen LogP contribution in [-0.2, 0) is 17.7 Å². The summed E-state index contributed by atoms with van der Waals surface area (Å²) in [6.07, 6.45) is 3.61. The van der Waals surface area contributed by atoms with Gasteiger partial charge < -0.3 is 4.74 Å². The molecular weight excluding hydrogens is 264 g/mol. The third-order valence-electron chi connectivity index (χ3n) is 3.51. The second-order valence-corrected chi connectivity index (χ2v) is 5.40. The van der Waals surface area contributed by atoms with Crippen LogP contribution in [0.25, 0.3) is 0 Å². The third kappa shape index (κ3) is 3.72. The Hall–Kier alpha value is -2.10. The van der Waals surface area contributed by atoms with Gasteiger partial charge in [-0.05, 0) is 24.3 Å². The molecule has 0 spiro atoms. The molecule has 0 fully saturated rings. The van der Waals surface area contributed by atoms with Crippen LogP contribution in [0.5, 0.6) is 0 Å². The van der Waals surface area contributed by atoms with Crippen molar-refractivity contribution in [3.63, 3.8) is 0 Å². The highest BCUT2D eigenvalue weighted by atomic mass is 16.5. The van der Waals surface area contributed by atoms with Gasteiger partial charge in [0.05, 0.1) is 19.0 Å². The Morgan fingerprint density at radius 3 is 2.62 bits per heavy atom. The van der Waals surface area contributed by atoms with Crippen LogP contribution in [0.1, 0.15) is 47.8 Å². The highest BCUT2D eigenvalue weighted by Gasteiger charge is 2.20. The van der Waals surface area contributed by atoms with Crippen LogP contribution in [0.15, 0.2) is 36.5 Å². The smallest absolute Gasteiger partial charge is 0.341 e. The summed E-state index contributed by atoms with van der Waals surface area (Å²) >= 11 is 0. The van der Waals surface area contributed by atoms with E-state index in [2.05, 4.69) is 43.2 Å². The van der Waals surface area contributed by atoms with Crippen LogP contribution >= 0.6 is 0 Å². The molecule has 2 rings (SSSR count). The summed E-state index contributed by atoms with van der Waals surface area (Å²) in [6.45, 7) is 4.94. The van der Waals surface area contributed by atoms with E-state index in [1.54, 1.807) is 6.20 Å². The Kier molecular flexibility index (Phi) is 5.14. The minimum absolute atomic E-state index is 0.235. The molecule has 112 valence electrons. The predicted octanol–water partition coefficient (Wildman–Crippen LogP) is 3.43. The number of carbonyl (C=O) groups is 1. The Morgan fingerprint density at radius 2 is 2.00 bits per heavy atom. The molecule has 0 radical (unpaired) electrons. The van der Waals surface area contributed by atoms with Crippen molar-refractivity contribution >= 4 is 5.97 Å². The normalized spacial score (nSPS) is 10.9. The fraction of sp³-hybridized carbons (Fsp3) is 0.412. The first-order valence-corrected chi connectivity index (χ1v) is 7.31. The van der Waals surface area contributed by atoms with Crippen LogP contribution in [0.2, 0.25) is 0 Å². The molecule has 0 saturated carbocycles. The monoisotopic (exact) mass is 286 g/mol. The average molecular weight is 286 g/mol. The molecule has 1 aromatic heterocycles. The Bertz CT molecular complexity index is 588. The fourth-order valence-corrected chi connectivity index (χ4v) is 2.53. The molecule has 21 heavy (non-hydrogen) atoms. The zero-order valence-corrected chi connectivity index (χ0v) is 12.9. The number of hydrogen-bond acceptors (Lipinski definition) is 3. The highest BCUT2D eigenvalue weighted by Crippen LogP contribution is 2.20. The first kappa shape index (κ1) is 15.3. The van der Waals surface area contributed by atoms with Crippen LogP contribution < -0.4 is 0 Å². The van der Waals surface area contributed by atoms with E-state index in [1.165, 1.54) is 12.7 Å². The molecule has 0 bridgehead atoms. The predicted molar refractivity (Wildman–Crippen MR) is 82.4 cm³/mol. The van der Waals surface area contributed by atoms with Gasteiger partial charge in [0.2, 0.25) is 0 Å². The van der Waals surface area contributed by atoms with Gasteiger partial charge in [-0.2, -0.15) is 5.10 Å². The number of esters is 1. The van der Waals surface area contributed by atoms with Gasteiger partial charge in [0.1, 0.15) is 5.56 Å². The van der Waals surface area contributed by atoms with Crippen molar-refractivity contribution in [3.8, 4) is 0 Å². The summed E-state index contributed by atoms with van der Waals surface area (Å²) in [5.74, 6) is -0.0775. The first-order valence-electron chi connectivity index (χ1n) is 7.31. The molecular formula is C17H22N2O2. The number of nitrogens with zero attached hydrogens (tertiary/aromatic N) is 2. The quantitative estimate of drug-likeness (QED) is 0.764. The van der Waals surface area contributed by atoms with Crippen molar-refractivity contribution in [1.29, 1.82) is 0 Å². The van der Waals surface area contributed by atoms with Gasteiger partial charge in [-0.25, -0.2) is 4.79 Å². The summed E-state index contributed by atoms with van der Waals surface area (Å²) in [6, 6.07) is 10.4. The Morgan fingerprint density at radius 1 is 1.29 bits per heavy atom. The zero-order valence-electron chi connectivity index (χ0n) is 12.9. The second kappa shape index (κ2) is 7.07. The standard InChI is InChI=1S/C17H22N2O2/c1-13(2)16-15(17(20)21-3)12-18-19(16)11-7-10-14-8-5-4-6-9-14/h4-6,8-9,12-13H,7,10-11H2,1-3H3. The number of carbonyl (C=O) groups excluding carboxylic acids is 1. The highest BCUT2D eigenvalue weighted by molar-refractivity contribution is 5.90. The maximum absolute atomic E-state index is 11.8. The van der Waals surface area contributed by atoms with E-state index < -0.39 is 0 Å². The van der Waals surface area contributed by atoms with Gasteiger partial charge in [-0.3, -0.25) is 4.68 Å². The van der Waals surface area contributed by atoms with Crippen molar-refractivity contribution in [2.24, 2.45) is 0 Å². The maximum atomic E-state index is 11.8. The molecule has 1 heterocycles. The van der Waals surface area contributed by atoms with Crippen LogP contribution in [0.3, 0.4) is 0 Å². The van der Waals surface area contributed by atoms with E-state index in [1.807, 2.05) is 10.7 Å². The van der Waals surface area contributed by atoms with Gasteiger partial charge in [0.25, 0.3) is 0 Å². The number of benzene rings is 1. The molecule has 0 aliphatic rings. The van der Waals surface area contributed by atoms with E-state index in [0.29, 0.717) is 5.56 Å². The molecule has 0 aliphatic carbocycles.